The number of hydrogen-bond acceptors (Lipinski definition) is 2. The van der Waals surface area contributed by atoms with Gasteiger partial charge in [-0.3, -0.25) is 4.90 Å². The van der Waals surface area contributed by atoms with E-state index < -0.39 is 0 Å². The molecule has 2 heteroatoms. The maximum Gasteiger partial charge on any atom is 0.0278 e. The molecule has 1 aliphatic carbocycles. The van der Waals surface area contributed by atoms with Crippen LogP contribution < -0.4 is 5.32 Å². The Morgan fingerprint density at radius 1 is 1.05 bits per heavy atom. The lowest BCUT2D eigenvalue weighted by atomic mass is 9.63. The summed E-state index contributed by atoms with van der Waals surface area (Å²) in [5, 5.41) is 3.76. The summed E-state index contributed by atoms with van der Waals surface area (Å²) in [7, 11) is 0. The largest absolute Gasteiger partial charge is 0.309 e. The normalized spacial score (nSPS) is 38.9. The first-order valence-electron chi connectivity index (χ1n) is 8.57. The van der Waals surface area contributed by atoms with Gasteiger partial charge in [0.25, 0.3) is 0 Å². The van der Waals surface area contributed by atoms with E-state index in [2.05, 4.69) is 58.7 Å². The summed E-state index contributed by atoms with van der Waals surface area (Å²) >= 11 is 0. The van der Waals surface area contributed by atoms with E-state index in [9.17, 15) is 0 Å². The molecule has 20 heavy (non-hydrogen) atoms. The van der Waals surface area contributed by atoms with Gasteiger partial charge < -0.3 is 5.32 Å². The van der Waals surface area contributed by atoms with Crippen molar-refractivity contribution in [2.45, 2.75) is 91.8 Å². The van der Waals surface area contributed by atoms with E-state index in [1.807, 2.05) is 0 Å². The Labute approximate surface area is 126 Å². The Morgan fingerprint density at radius 2 is 1.60 bits per heavy atom. The van der Waals surface area contributed by atoms with Crippen LogP contribution in [0.1, 0.15) is 74.1 Å². The Kier molecular flexibility index (Phi) is 4.30. The zero-order valence-corrected chi connectivity index (χ0v) is 14.8. The van der Waals surface area contributed by atoms with Crippen molar-refractivity contribution in [1.82, 2.24) is 10.2 Å². The molecule has 2 atom stereocenters. The number of nitrogens with one attached hydrogen (secondary N) is 1. The second kappa shape index (κ2) is 5.28. The summed E-state index contributed by atoms with van der Waals surface area (Å²) in [6.45, 7) is 19.3. The smallest absolute Gasteiger partial charge is 0.0278 e. The molecule has 1 saturated heterocycles. The van der Waals surface area contributed by atoms with Crippen LogP contribution in [0, 0.1) is 10.8 Å². The molecule has 0 amide bonds. The van der Waals surface area contributed by atoms with Gasteiger partial charge in [-0.05, 0) is 50.4 Å². The number of nitrogens with zero attached hydrogens (tertiary/aromatic N) is 1. The fourth-order valence-corrected chi connectivity index (χ4v) is 4.87. The molecule has 0 aromatic rings. The molecule has 2 fully saturated rings. The molecule has 0 spiro atoms. The first-order valence-corrected chi connectivity index (χ1v) is 8.57. The monoisotopic (exact) mass is 280 g/mol. The van der Waals surface area contributed by atoms with Crippen molar-refractivity contribution in [1.29, 1.82) is 0 Å². The molecule has 1 heterocycles. The highest BCUT2D eigenvalue weighted by molar-refractivity contribution is 5.00. The second-order valence-electron chi connectivity index (χ2n) is 9.38. The minimum Gasteiger partial charge on any atom is -0.309 e. The minimum atomic E-state index is 0.304. The summed E-state index contributed by atoms with van der Waals surface area (Å²) < 4.78 is 0. The van der Waals surface area contributed by atoms with Gasteiger partial charge in [-0.1, -0.05) is 34.6 Å². The van der Waals surface area contributed by atoms with Crippen molar-refractivity contribution in [3.63, 3.8) is 0 Å². The quantitative estimate of drug-likeness (QED) is 0.821. The average Bonchev–Trinajstić information content (AvgIpc) is 2.28. The van der Waals surface area contributed by atoms with E-state index >= 15 is 0 Å². The van der Waals surface area contributed by atoms with Crippen molar-refractivity contribution in [2.75, 3.05) is 13.1 Å². The maximum atomic E-state index is 3.76. The highest BCUT2D eigenvalue weighted by atomic mass is 15.3. The molecule has 0 aromatic carbocycles. The lowest BCUT2D eigenvalue weighted by Crippen LogP contribution is -2.65. The average molecular weight is 280 g/mol. The van der Waals surface area contributed by atoms with Gasteiger partial charge in [0.2, 0.25) is 0 Å². The Hall–Kier alpha value is -0.0800. The maximum absolute atomic E-state index is 3.76. The van der Waals surface area contributed by atoms with Crippen molar-refractivity contribution < 1.29 is 0 Å². The molecule has 0 aromatic heterocycles. The third kappa shape index (κ3) is 3.57. The van der Waals surface area contributed by atoms with Gasteiger partial charge in [0, 0.05) is 30.7 Å². The van der Waals surface area contributed by atoms with Gasteiger partial charge in [-0.2, -0.15) is 0 Å². The summed E-state index contributed by atoms with van der Waals surface area (Å²) in [6, 6.07) is 1.43. The first kappa shape index (κ1) is 16.3. The highest BCUT2D eigenvalue weighted by Gasteiger charge is 2.44. The topological polar surface area (TPSA) is 15.3 Å². The van der Waals surface area contributed by atoms with Crippen LogP contribution in [-0.2, 0) is 0 Å². The Balaban J connectivity index is 2.16. The summed E-state index contributed by atoms with van der Waals surface area (Å²) in [5.74, 6) is 0. The Bertz CT molecular complexity index is 331. The van der Waals surface area contributed by atoms with E-state index in [4.69, 9.17) is 0 Å². The third-order valence-corrected chi connectivity index (χ3v) is 5.70. The summed E-state index contributed by atoms with van der Waals surface area (Å²) in [5.41, 5.74) is 1.28. The van der Waals surface area contributed by atoms with Crippen LogP contribution in [0.5, 0.6) is 0 Å². The molecular weight excluding hydrogens is 244 g/mol. The fourth-order valence-electron chi connectivity index (χ4n) is 4.87. The van der Waals surface area contributed by atoms with Crippen LogP contribution in [0.2, 0.25) is 0 Å². The zero-order valence-electron chi connectivity index (χ0n) is 14.8. The van der Waals surface area contributed by atoms with Gasteiger partial charge in [0.15, 0.2) is 0 Å². The van der Waals surface area contributed by atoms with Crippen LogP contribution in [0.15, 0.2) is 0 Å². The fraction of sp³-hybridized carbons (Fsp3) is 1.00. The van der Waals surface area contributed by atoms with Crippen LogP contribution in [-0.4, -0.2) is 35.6 Å². The van der Waals surface area contributed by atoms with E-state index in [0.29, 0.717) is 22.4 Å². The molecule has 2 rings (SSSR count). The molecule has 2 nitrogen and oxygen atoms in total. The molecule has 2 unspecified atom stereocenters. The predicted octanol–water partition coefficient (Wildman–Crippen LogP) is 4.05. The van der Waals surface area contributed by atoms with Crippen molar-refractivity contribution in [2.24, 2.45) is 10.8 Å². The Morgan fingerprint density at radius 3 is 2.10 bits per heavy atom. The van der Waals surface area contributed by atoms with Crippen molar-refractivity contribution in [3.05, 3.63) is 0 Å². The SMILES string of the molecule is CCC1(C)CN(C2CC(C)(C)CC(C)(C)C2)C(C)CN1. The first-order chi connectivity index (χ1) is 9.06. The van der Waals surface area contributed by atoms with Crippen LogP contribution >= 0.6 is 0 Å². The van der Waals surface area contributed by atoms with E-state index in [-0.39, 0.29) is 0 Å². The van der Waals surface area contributed by atoms with E-state index in [1.54, 1.807) is 0 Å². The lowest BCUT2D eigenvalue weighted by Gasteiger charge is -2.54. The van der Waals surface area contributed by atoms with Crippen LogP contribution in [0.25, 0.3) is 0 Å². The second-order valence-corrected chi connectivity index (χ2v) is 9.38. The van der Waals surface area contributed by atoms with E-state index in [1.165, 1.54) is 32.2 Å². The zero-order chi connectivity index (χ0) is 15.2. The minimum absolute atomic E-state index is 0.304. The van der Waals surface area contributed by atoms with Gasteiger partial charge >= 0.3 is 0 Å². The highest BCUT2D eigenvalue weighted by Crippen LogP contribution is 2.47. The molecular formula is C18H36N2. The third-order valence-electron chi connectivity index (χ3n) is 5.70. The molecule has 1 saturated carbocycles. The van der Waals surface area contributed by atoms with Gasteiger partial charge in [0.05, 0.1) is 0 Å². The van der Waals surface area contributed by atoms with Gasteiger partial charge in [-0.15, -0.1) is 0 Å². The molecule has 2 aliphatic rings. The standard InChI is InChI=1S/C18H36N2/c1-8-18(7)13-20(14(2)11-19-18)15-9-16(3,4)12-17(5,6)10-15/h14-15,19H,8-13H2,1-7H3. The van der Waals surface area contributed by atoms with Gasteiger partial charge in [0.1, 0.15) is 0 Å². The molecule has 0 radical (unpaired) electrons. The number of piperazine rings is 1. The molecule has 0 bridgehead atoms. The molecule has 1 N–H and O–H groups in total. The van der Waals surface area contributed by atoms with Crippen LogP contribution in [0.4, 0.5) is 0 Å². The lowest BCUT2D eigenvalue weighted by molar-refractivity contribution is -0.0225. The summed E-state index contributed by atoms with van der Waals surface area (Å²) in [4.78, 5) is 2.82. The van der Waals surface area contributed by atoms with Crippen molar-refractivity contribution >= 4 is 0 Å². The van der Waals surface area contributed by atoms with Crippen molar-refractivity contribution in [3.8, 4) is 0 Å². The van der Waals surface area contributed by atoms with Gasteiger partial charge in [-0.25, -0.2) is 0 Å². The predicted molar refractivity (Wildman–Crippen MR) is 88.1 cm³/mol. The van der Waals surface area contributed by atoms with E-state index in [0.717, 1.165) is 12.6 Å². The molecule has 118 valence electrons. The molecule has 1 aliphatic heterocycles. The van der Waals surface area contributed by atoms with Crippen LogP contribution in [0.3, 0.4) is 0 Å². The number of rotatable bonds is 2. The number of hydrogen-bond donors (Lipinski definition) is 1. The summed E-state index contributed by atoms with van der Waals surface area (Å²) in [6.07, 6.45) is 5.30.